The number of benzene rings is 1. The Kier molecular flexibility index (Phi) is 5.97. The van der Waals surface area contributed by atoms with Crippen LogP contribution in [0.4, 0.5) is 16.3 Å². The van der Waals surface area contributed by atoms with Crippen molar-refractivity contribution in [3.8, 4) is 0 Å². The average Bonchev–Trinajstić information content (AvgIpc) is 3.17. The fourth-order valence-corrected chi connectivity index (χ4v) is 4.27. The number of fused-ring (bicyclic) bond motifs is 1. The molecule has 2 heterocycles. The number of hydrogen-bond donors (Lipinski definition) is 4. The third-order valence-electron chi connectivity index (χ3n) is 5.64. The van der Waals surface area contributed by atoms with Crippen molar-refractivity contribution in [1.82, 2.24) is 15.6 Å². The molecule has 0 bridgehead atoms. The van der Waals surface area contributed by atoms with E-state index >= 15 is 0 Å². The van der Waals surface area contributed by atoms with Crippen LogP contribution >= 0.6 is 11.6 Å². The molecule has 3 atom stereocenters. The van der Waals surface area contributed by atoms with Gasteiger partial charge >= 0.3 is 6.03 Å². The Morgan fingerprint density at radius 2 is 1.93 bits per heavy atom. The first-order chi connectivity index (χ1) is 14.1. The Balaban J connectivity index is 1.32. The predicted molar refractivity (Wildman–Crippen MR) is 113 cm³/mol. The van der Waals surface area contributed by atoms with Gasteiger partial charge in [-0.05, 0) is 74.5 Å². The zero-order valence-electron chi connectivity index (χ0n) is 16.0. The van der Waals surface area contributed by atoms with Crippen LogP contribution in [-0.2, 0) is 0 Å². The van der Waals surface area contributed by atoms with E-state index in [1.165, 1.54) is 6.20 Å². The highest BCUT2D eigenvalue weighted by Crippen LogP contribution is 2.32. The van der Waals surface area contributed by atoms with Crippen LogP contribution in [0.3, 0.4) is 0 Å². The minimum absolute atomic E-state index is 0.193. The summed E-state index contributed by atoms with van der Waals surface area (Å²) in [6.07, 6.45) is 4.64. The summed E-state index contributed by atoms with van der Waals surface area (Å²) < 4.78 is 0. The number of rotatable bonds is 4. The van der Waals surface area contributed by atoms with Crippen molar-refractivity contribution in [3.63, 3.8) is 0 Å². The second-order valence-electron chi connectivity index (χ2n) is 7.68. The van der Waals surface area contributed by atoms with E-state index < -0.39 is 0 Å². The van der Waals surface area contributed by atoms with Gasteiger partial charge in [-0.15, -0.1) is 0 Å². The summed E-state index contributed by atoms with van der Waals surface area (Å²) in [6, 6.07) is 10.1. The number of aromatic nitrogens is 1. The van der Waals surface area contributed by atoms with Gasteiger partial charge in [0.2, 0.25) is 0 Å². The summed E-state index contributed by atoms with van der Waals surface area (Å²) >= 11 is 5.81. The van der Waals surface area contributed by atoms with E-state index in [4.69, 9.17) is 11.6 Å². The Morgan fingerprint density at radius 3 is 2.76 bits per heavy atom. The number of carbonyl (C=O) groups excluding carboxylic acids is 2. The lowest BCUT2D eigenvalue weighted by atomic mass is 9.79. The van der Waals surface area contributed by atoms with Crippen molar-refractivity contribution in [2.75, 3.05) is 23.7 Å². The second-order valence-corrected chi connectivity index (χ2v) is 8.12. The largest absolute Gasteiger partial charge is 0.335 e. The lowest BCUT2D eigenvalue weighted by Gasteiger charge is -2.31. The molecular weight excluding hydrogens is 390 g/mol. The fourth-order valence-electron chi connectivity index (χ4n) is 4.16. The molecule has 1 aromatic heterocycles. The maximum absolute atomic E-state index is 12.4. The zero-order chi connectivity index (χ0) is 20.2. The molecule has 1 aliphatic carbocycles. The number of nitrogens with zero attached hydrogens (tertiary/aromatic N) is 1. The highest BCUT2D eigenvalue weighted by Gasteiger charge is 2.34. The van der Waals surface area contributed by atoms with Crippen molar-refractivity contribution < 1.29 is 9.59 Å². The minimum atomic E-state index is -0.309. The van der Waals surface area contributed by atoms with Crippen LogP contribution in [-0.4, -0.2) is 36.1 Å². The molecule has 2 aromatic rings. The minimum Gasteiger partial charge on any atom is -0.335 e. The van der Waals surface area contributed by atoms with E-state index in [-0.39, 0.29) is 18.0 Å². The molecule has 0 radical (unpaired) electrons. The van der Waals surface area contributed by atoms with E-state index in [0.717, 1.165) is 38.3 Å². The summed E-state index contributed by atoms with van der Waals surface area (Å²) in [5.74, 6) is 1.51. The highest BCUT2D eigenvalue weighted by atomic mass is 35.5. The molecule has 1 saturated carbocycles. The first-order valence-electron chi connectivity index (χ1n) is 9.88. The lowest BCUT2D eigenvalue weighted by Crippen LogP contribution is -2.42. The Hall–Kier alpha value is -2.64. The van der Waals surface area contributed by atoms with Crippen LogP contribution in [0.2, 0.25) is 5.02 Å². The molecule has 3 unspecified atom stereocenters. The number of amides is 3. The van der Waals surface area contributed by atoms with Crippen molar-refractivity contribution in [3.05, 3.63) is 53.2 Å². The zero-order valence-corrected chi connectivity index (χ0v) is 16.7. The number of halogens is 1. The third-order valence-corrected chi connectivity index (χ3v) is 5.86. The number of urea groups is 1. The summed E-state index contributed by atoms with van der Waals surface area (Å²) in [5, 5.41) is 12.6. The van der Waals surface area contributed by atoms with Crippen molar-refractivity contribution in [1.29, 1.82) is 0 Å². The Morgan fingerprint density at radius 1 is 1.07 bits per heavy atom. The molecule has 7 nitrogen and oxygen atoms in total. The van der Waals surface area contributed by atoms with Gasteiger partial charge in [-0.2, -0.15) is 0 Å². The standard InChI is InChI=1S/C21H24ClN5O2/c22-16-5-7-19(24-12-16)27-20(28)13-2-1-3-17(8-13)25-21(29)26-18-6-4-14-10-23-11-15(14)9-18/h1-3,5,7-8,12,14-15,18,23H,4,6,9-11H2,(H,24,27,28)(H2,25,26,29). The van der Waals surface area contributed by atoms with Gasteiger partial charge in [0, 0.05) is 23.5 Å². The molecule has 152 valence electrons. The van der Waals surface area contributed by atoms with Crippen LogP contribution in [0.1, 0.15) is 29.6 Å². The van der Waals surface area contributed by atoms with Crippen LogP contribution in [0.15, 0.2) is 42.6 Å². The van der Waals surface area contributed by atoms with E-state index in [0.29, 0.717) is 28.0 Å². The van der Waals surface area contributed by atoms with Gasteiger partial charge in [0.15, 0.2) is 0 Å². The van der Waals surface area contributed by atoms with Gasteiger partial charge in [-0.25, -0.2) is 9.78 Å². The quantitative estimate of drug-likeness (QED) is 0.617. The molecule has 3 amide bonds. The first-order valence-corrected chi connectivity index (χ1v) is 10.3. The molecular formula is C21H24ClN5O2. The molecule has 4 rings (SSSR count). The average molecular weight is 414 g/mol. The maximum Gasteiger partial charge on any atom is 0.319 e. The fraction of sp³-hybridized carbons (Fsp3) is 0.381. The second kappa shape index (κ2) is 8.80. The van der Waals surface area contributed by atoms with Gasteiger partial charge in [0.1, 0.15) is 5.82 Å². The van der Waals surface area contributed by atoms with Crippen molar-refractivity contribution in [2.24, 2.45) is 11.8 Å². The molecule has 29 heavy (non-hydrogen) atoms. The topological polar surface area (TPSA) is 95.2 Å². The normalized spacial score (nSPS) is 23.1. The van der Waals surface area contributed by atoms with E-state index in [2.05, 4.69) is 26.3 Å². The van der Waals surface area contributed by atoms with E-state index in [1.807, 2.05) is 0 Å². The van der Waals surface area contributed by atoms with E-state index in [9.17, 15) is 9.59 Å². The van der Waals surface area contributed by atoms with Gasteiger partial charge in [0.05, 0.1) is 5.02 Å². The van der Waals surface area contributed by atoms with Crippen molar-refractivity contribution >= 4 is 35.0 Å². The highest BCUT2D eigenvalue weighted by molar-refractivity contribution is 6.30. The number of pyridine rings is 1. The van der Waals surface area contributed by atoms with Crippen molar-refractivity contribution in [2.45, 2.75) is 25.3 Å². The molecule has 1 aliphatic heterocycles. The third kappa shape index (κ3) is 5.05. The maximum atomic E-state index is 12.4. The number of hydrogen-bond acceptors (Lipinski definition) is 4. The SMILES string of the molecule is O=C(Nc1cccc(C(=O)Nc2ccc(Cl)cn2)c1)NC1CCC2CNCC2C1. The van der Waals surface area contributed by atoms with Crippen LogP contribution in [0.5, 0.6) is 0 Å². The molecule has 2 aliphatic rings. The molecule has 4 N–H and O–H groups in total. The van der Waals surface area contributed by atoms with Crippen LogP contribution < -0.4 is 21.3 Å². The summed E-state index contributed by atoms with van der Waals surface area (Å²) in [4.78, 5) is 28.9. The number of nitrogens with one attached hydrogen (secondary N) is 4. The summed E-state index contributed by atoms with van der Waals surface area (Å²) in [7, 11) is 0. The number of anilines is 2. The first kappa shape index (κ1) is 19.7. The molecule has 0 spiro atoms. The van der Waals surface area contributed by atoms with Gasteiger partial charge in [-0.3, -0.25) is 4.79 Å². The lowest BCUT2D eigenvalue weighted by molar-refractivity contribution is 0.102. The summed E-state index contributed by atoms with van der Waals surface area (Å²) in [6.45, 7) is 2.15. The summed E-state index contributed by atoms with van der Waals surface area (Å²) in [5.41, 5.74) is 0.993. The van der Waals surface area contributed by atoms with Gasteiger partial charge in [0.25, 0.3) is 5.91 Å². The molecule has 8 heteroatoms. The van der Waals surface area contributed by atoms with Crippen LogP contribution in [0, 0.1) is 11.8 Å². The van der Waals surface area contributed by atoms with Crippen LogP contribution in [0.25, 0.3) is 0 Å². The van der Waals surface area contributed by atoms with Gasteiger partial charge < -0.3 is 21.3 Å². The number of carbonyl (C=O) groups is 2. The smallest absolute Gasteiger partial charge is 0.319 e. The Bertz CT molecular complexity index is 889. The predicted octanol–water partition coefficient (Wildman–Crippen LogP) is 3.50. The molecule has 1 saturated heterocycles. The Labute approximate surface area is 174 Å². The van der Waals surface area contributed by atoms with E-state index in [1.54, 1.807) is 36.4 Å². The van der Waals surface area contributed by atoms with Gasteiger partial charge in [-0.1, -0.05) is 17.7 Å². The molecule has 1 aromatic carbocycles. The molecule has 2 fully saturated rings. The monoisotopic (exact) mass is 413 g/mol.